The summed E-state index contributed by atoms with van der Waals surface area (Å²) in [5.41, 5.74) is 0.751. The largest absolute Gasteiger partial charge is 0.493 e. The third-order valence-electron chi connectivity index (χ3n) is 2.73. The summed E-state index contributed by atoms with van der Waals surface area (Å²) in [6.07, 6.45) is 2.16. The Morgan fingerprint density at radius 3 is 2.50 bits per heavy atom. The van der Waals surface area contributed by atoms with Gasteiger partial charge in [-0.15, -0.1) is 11.6 Å². The van der Waals surface area contributed by atoms with Gasteiger partial charge in [0.25, 0.3) is 0 Å². The number of alkyl halides is 1. The molecular formula is C13H18ClFO. The molecule has 1 aromatic carbocycles. The van der Waals surface area contributed by atoms with Crippen LogP contribution in [0.1, 0.15) is 32.3 Å². The van der Waals surface area contributed by atoms with Crippen LogP contribution in [0, 0.1) is 11.7 Å². The minimum atomic E-state index is -0.294. The average Bonchev–Trinajstić information content (AvgIpc) is 2.29. The van der Waals surface area contributed by atoms with Gasteiger partial charge in [-0.25, -0.2) is 4.39 Å². The highest BCUT2D eigenvalue weighted by atomic mass is 35.5. The molecule has 0 aliphatic heterocycles. The van der Waals surface area contributed by atoms with Crippen molar-refractivity contribution < 1.29 is 9.13 Å². The maximum atomic E-state index is 13.2. The van der Waals surface area contributed by atoms with Crippen LogP contribution in [0.3, 0.4) is 0 Å². The number of hydrogen-bond acceptors (Lipinski definition) is 1. The molecule has 16 heavy (non-hydrogen) atoms. The van der Waals surface area contributed by atoms with Crippen LogP contribution in [0.25, 0.3) is 0 Å². The maximum Gasteiger partial charge on any atom is 0.127 e. The first-order chi connectivity index (χ1) is 7.69. The topological polar surface area (TPSA) is 9.23 Å². The van der Waals surface area contributed by atoms with E-state index in [-0.39, 0.29) is 5.82 Å². The van der Waals surface area contributed by atoms with Crippen LogP contribution in [0.5, 0.6) is 5.75 Å². The normalized spacial score (nSPS) is 10.8. The Bertz CT molecular complexity index is 324. The molecule has 0 fully saturated rings. The van der Waals surface area contributed by atoms with Crippen molar-refractivity contribution in [1.29, 1.82) is 0 Å². The van der Waals surface area contributed by atoms with E-state index in [2.05, 4.69) is 13.8 Å². The molecule has 0 aliphatic carbocycles. The standard InChI is InChI=1S/C13H18ClFO/c1-3-10(4-2)9-16-13-6-11(8-14)5-12(15)7-13/h5-7,10H,3-4,8-9H2,1-2H3. The molecule has 1 nitrogen and oxygen atoms in total. The van der Waals surface area contributed by atoms with Gasteiger partial charge in [0, 0.05) is 11.9 Å². The molecule has 0 radical (unpaired) electrons. The summed E-state index contributed by atoms with van der Waals surface area (Å²) in [6, 6.07) is 4.62. The van der Waals surface area contributed by atoms with Crippen molar-refractivity contribution in [3.8, 4) is 5.75 Å². The fourth-order valence-corrected chi connectivity index (χ4v) is 1.67. The second-order valence-electron chi connectivity index (χ2n) is 3.92. The fourth-order valence-electron chi connectivity index (χ4n) is 1.52. The van der Waals surface area contributed by atoms with E-state index >= 15 is 0 Å². The molecule has 1 aromatic rings. The third-order valence-corrected chi connectivity index (χ3v) is 3.03. The molecular weight excluding hydrogens is 227 g/mol. The van der Waals surface area contributed by atoms with Gasteiger partial charge in [0.15, 0.2) is 0 Å². The van der Waals surface area contributed by atoms with Gasteiger partial charge in [-0.3, -0.25) is 0 Å². The van der Waals surface area contributed by atoms with Crippen LogP contribution in [-0.4, -0.2) is 6.61 Å². The van der Waals surface area contributed by atoms with Gasteiger partial charge in [0.2, 0.25) is 0 Å². The Morgan fingerprint density at radius 1 is 1.25 bits per heavy atom. The lowest BCUT2D eigenvalue weighted by Crippen LogP contribution is -2.10. The molecule has 0 atom stereocenters. The number of hydrogen-bond donors (Lipinski definition) is 0. The molecule has 0 unspecified atom stereocenters. The molecule has 0 N–H and O–H groups in total. The van der Waals surface area contributed by atoms with Gasteiger partial charge < -0.3 is 4.74 Å². The highest BCUT2D eigenvalue weighted by molar-refractivity contribution is 6.17. The molecule has 0 saturated carbocycles. The first-order valence-electron chi connectivity index (χ1n) is 5.67. The number of rotatable bonds is 6. The Morgan fingerprint density at radius 2 is 1.94 bits per heavy atom. The molecule has 3 heteroatoms. The summed E-state index contributed by atoms with van der Waals surface area (Å²) in [4.78, 5) is 0. The minimum Gasteiger partial charge on any atom is -0.493 e. The smallest absolute Gasteiger partial charge is 0.127 e. The molecule has 0 aromatic heterocycles. The van der Waals surface area contributed by atoms with Crippen LogP contribution in [0.15, 0.2) is 18.2 Å². The van der Waals surface area contributed by atoms with Crippen molar-refractivity contribution in [3.05, 3.63) is 29.6 Å². The zero-order chi connectivity index (χ0) is 12.0. The van der Waals surface area contributed by atoms with E-state index in [1.807, 2.05) is 0 Å². The second-order valence-corrected chi connectivity index (χ2v) is 4.19. The van der Waals surface area contributed by atoms with Crippen molar-refractivity contribution in [1.82, 2.24) is 0 Å². The van der Waals surface area contributed by atoms with Crippen LogP contribution in [-0.2, 0) is 5.88 Å². The van der Waals surface area contributed by atoms with E-state index in [0.717, 1.165) is 18.4 Å². The molecule has 90 valence electrons. The lowest BCUT2D eigenvalue weighted by atomic mass is 10.1. The van der Waals surface area contributed by atoms with Crippen molar-refractivity contribution in [2.75, 3.05) is 6.61 Å². The molecule has 0 heterocycles. The second kappa shape index (κ2) is 6.74. The van der Waals surface area contributed by atoms with Crippen LogP contribution in [0.2, 0.25) is 0 Å². The van der Waals surface area contributed by atoms with Gasteiger partial charge in [-0.05, 0) is 23.6 Å². The number of ether oxygens (including phenoxy) is 1. The zero-order valence-corrected chi connectivity index (χ0v) is 10.6. The molecule has 0 amide bonds. The summed E-state index contributed by atoms with van der Waals surface area (Å²) in [6.45, 7) is 4.90. The monoisotopic (exact) mass is 244 g/mol. The fraction of sp³-hybridized carbons (Fsp3) is 0.538. The Kier molecular flexibility index (Phi) is 5.61. The summed E-state index contributed by atoms with van der Waals surface area (Å²) in [7, 11) is 0. The quantitative estimate of drug-likeness (QED) is 0.675. The highest BCUT2D eigenvalue weighted by Crippen LogP contribution is 2.19. The van der Waals surface area contributed by atoms with Gasteiger partial charge in [-0.2, -0.15) is 0 Å². The van der Waals surface area contributed by atoms with E-state index in [1.165, 1.54) is 12.1 Å². The van der Waals surface area contributed by atoms with Gasteiger partial charge in [-0.1, -0.05) is 26.7 Å². The van der Waals surface area contributed by atoms with Crippen molar-refractivity contribution in [2.45, 2.75) is 32.6 Å². The maximum absolute atomic E-state index is 13.2. The van der Waals surface area contributed by atoms with E-state index in [1.54, 1.807) is 6.07 Å². The van der Waals surface area contributed by atoms with E-state index < -0.39 is 0 Å². The van der Waals surface area contributed by atoms with E-state index in [9.17, 15) is 4.39 Å². The van der Waals surface area contributed by atoms with Crippen LogP contribution in [0.4, 0.5) is 4.39 Å². The van der Waals surface area contributed by atoms with E-state index in [4.69, 9.17) is 16.3 Å². The highest BCUT2D eigenvalue weighted by Gasteiger charge is 2.06. The molecule has 0 saturated heterocycles. The SMILES string of the molecule is CCC(CC)COc1cc(F)cc(CCl)c1. The van der Waals surface area contributed by atoms with Gasteiger partial charge in [0.1, 0.15) is 11.6 Å². The predicted molar refractivity (Wildman–Crippen MR) is 65.5 cm³/mol. The van der Waals surface area contributed by atoms with Gasteiger partial charge >= 0.3 is 0 Å². The van der Waals surface area contributed by atoms with Crippen LogP contribution >= 0.6 is 11.6 Å². The Hall–Kier alpha value is -0.760. The molecule has 0 aliphatic rings. The third kappa shape index (κ3) is 4.01. The summed E-state index contributed by atoms with van der Waals surface area (Å²) >= 11 is 5.67. The predicted octanol–water partition coefficient (Wildman–Crippen LogP) is 4.38. The Labute approximate surface area is 102 Å². The first-order valence-corrected chi connectivity index (χ1v) is 6.21. The molecule has 1 rings (SSSR count). The molecule has 0 spiro atoms. The number of benzene rings is 1. The zero-order valence-electron chi connectivity index (χ0n) is 9.80. The Balaban J connectivity index is 2.62. The van der Waals surface area contributed by atoms with Crippen molar-refractivity contribution in [2.24, 2.45) is 5.92 Å². The summed E-state index contributed by atoms with van der Waals surface area (Å²) < 4.78 is 18.7. The average molecular weight is 245 g/mol. The molecule has 0 bridgehead atoms. The van der Waals surface area contributed by atoms with Crippen molar-refractivity contribution >= 4 is 11.6 Å². The summed E-state index contributed by atoms with van der Waals surface area (Å²) in [5, 5.41) is 0. The lowest BCUT2D eigenvalue weighted by molar-refractivity contribution is 0.239. The number of halogens is 2. The summed E-state index contributed by atoms with van der Waals surface area (Å²) in [5.74, 6) is 1.11. The van der Waals surface area contributed by atoms with Gasteiger partial charge in [0.05, 0.1) is 6.61 Å². The van der Waals surface area contributed by atoms with Crippen LogP contribution < -0.4 is 4.74 Å². The first kappa shape index (κ1) is 13.3. The van der Waals surface area contributed by atoms with E-state index in [0.29, 0.717) is 24.2 Å². The minimum absolute atomic E-state index is 0.294. The lowest BCUT2D eigenvalue weighted by Gasteiger charge is -2.14. The van der Waals surface area contributed by atoms with Crippen molar-refractivity contribution in [3.63, 3.8) is 0 Å².